The van der Waals surface area contributed by atoms with Gasteiger partial charge in [0.05, 0.1) is 0 Å². The van der Waals surface area contributed by atoms with Gasteiger partial charge in [-0.15, -0.1) is 0 Å². The van der Waals surface area contributed by atoms with Crippen molar-refractivity contribution < 1.29 is 14.3 Å². The zero-order valence-corrected chi connectivity index (χ0v) is 23.9. The van der Waals surface area contributed by atoms with Crippen LogP contribution < -0.4 is 0 Å². The molecule has 1 heterocycles. The number of cyclic esters (lactones) is 1. The van der Waals surface area contributed by atoms with E-state index in [9.17, 15) is 9.59 Å². The molecular weight excluding hydrogens is 519 g/mol. The standard InChI is InChI=1S/C15H15N2O3.3C4H9.Sn/c1-3-7-13-11-17(15(19)20-13)14(18)16(2)10-12-8-5-4-6-9-12;3*1-3-4-2;/h4-6,8-9,13H,7,10-11H2,2H3;3*1,3-4H2,2H3;. The van der Waals surface area contributed by atoms with Gasteiger partial charge in [0.25, 0.3) is 0 Å². The summed E-state index contributed by atoms with van der Waals surface area (Å²) in [7, 11) is 1.72. The average molecular weight is 561 g/mol. The van der Waals surface area contributed by atoms with Gasteiger partial charge < -0.3 is 0 Å². The number of hydrogen-bond donors (Lipinski definition) is 0. The molecule has 3 amide bonds. The first kappa shape index (κ1) is 27.6. The van der Waals surface area contributed by atoms with Crippen molar-refractivity contribution >= 4 is 30.5 Å². The van der Waals surface area contributed by atoms with Gasteiger partial charge >= 0.3 is 200 Å². The van der Waals surface area contributed by atoms with E-state index < -0.39 is 24.5 Å². The van der Waals surface area contributed by atoms with Crippen LogP contribution in [0.2, 0.25) is 13.3 Å². The molecule has 6 heteroatoms. The summed E-state index contributed by atoms with van der Waals surface area (Å²) < 4.78 is 13.4. The average Bonchev–Trinajstić information content (AvgIpc) is 3.20. The summed E-state index contributed by atoms with van der Waals surface area (Å²) in [5.41, 5.74) is 1.03. The van der Waals surface area contributed by atoms with Crippen LogP contribution in [-0.4, -0.2) is 60.0 Å². The van der Waals surface area contributed by atoms with Crippen molar-refractivity contribution in [3.63, 3.8) is 0 Å². The van der Waals surface area contributed by atoms with Crippen LogP contribution in [0.5, 0.6) is 0 Å². The summed E-state index contributed by atoms with van der Waals surface area (Å²) in [5, 5.41) is 0. The third-order valence-electron chi connectivity index (χ3n) is 6.40. The van der Waals surface area contributed by atoms with Crippen molar-refractivity contribution in [1.82, 2.24) is 9.80 Å². The quantitative estimate of drug-likeness (QED) is 0.208. The molecule has 0 saturated carbocycles. The molecule has 1 saturated heterocycles. The van der Waals surface area contributed by atoms with Crippen LogP contribution in [0.4, 0.5) is 9.59 Å². The fraction of sp³-hybridized carbons (Fsp3) is 0.630. The second kappa shape index (κ2) is 14.6. The molecule has 1 atom stereocenters. The molecule has 0 spiro atoms. The van der Waals surface area contributed by atoms with Crippen molar-refractivity contribution in [2.24, 2.45) is 0 Å². The number of rotatable bonds is 12. The number of nitrogens with zero attached hydrogens (tertiary/aromatic N) is 2. The summed E-state index contributed by atoms with van der Waals surface area (Å²) in [6.07, 6.45) is 7.19. The maximum atomic E-state index is 12.8. The van der Waals surface area contributed by atoms with Crippen molar-refractivity contribution in [1.29, 1.82) is 0 Å². The predicted octanol–water partition coefficient (Wildman–Crippen LogP) is 6.84. The van der Waals surface area contributed by atoms with Gasteiger partial charge in [0.2, 0.25) is 0 Å². The van der Waals surface area contributed by atoms with Gasteiger partial charge in [0, 0.05) is 0 Å². The minimum absolute atomic E-state index is 0.285. The van der Waals surface area contributed by atoms with E-state index >= 15 is 0 Å². The topological polar surface area (TPSA) is 49.9 Å². The molecule has 0 bridgehead atoms. The van der Waals surface area contributed by atoms with Crippen LogP contribution in [0.3, 0.4) is 0 Å². The molecule has 1 fully saturated rings. The van der Waals surface area contributed by atoms with Gasteiger partial charge in [0.1, 0.15) is 0 Å². The van der Waals surface area contributed by atoms with Crippen molar-refractivity contribution in [2.45, 2.75) is 91.7 Å². The monoisotopic (exact) mass is 562 g/mol. The fourth-order valence-electron chi connectivity index (χ4n) is 4.38. The molecule has 1 aromatic rings. The second-order valence-corrected chi connectivity index (χ2v) is 21.6. The zero-order chi connectivity index (χ0) is 24.1. The number of imide groups is 1. The van der Waals surface area contributed by atoms with E-state index in [-0.39, 0.29) is 18.7 Å². The first-order chi connectivity index (χ1) is 15.9. The van der Waals surface area contributed by atoms with Crippen molar-refractivity contribution in [3.05, 3.63) is 35.9 Å². The Labute approximate surface area is 205 Å². The SMILES string of the molecule is CCC[CH2][Sn]([C]#CCC1CN(C(=O)N(C)Cc2ccccc2)C(=O)O1)([CH2]CCC)[CH2]CCC. The zero-order valence-electron chi connectivity index (χ0n) is 21.1. The number of unbranched alkanes of at least 4 members (excludes halogenated alkanes) is 3. The Morgan fingerprint density at radius 2 is 1.64 bits per heavy atom. The molecule has 0 radical (unpaired) electrons. The summed E-state index contributed by atoms with van der Waals surface area (Å²) in [4.78, 5) is 28.0. The van der Waals surface area contributed by atoms with Gasteiger partial charge in [0.15, 0.2) is 0 Å². The van der Waals surface area contributed by atoms with Gasteiger partial charge in [-0.2, -0.15) is 0 Å². The Hall–Kier alpha value is -1.68. The summed E-state index contributed by atoms with van der Waals surface area (Å²) >= 11 is -2.51. The number of hydrogen-bond acceptors (Lipinski definition) is 3. The van der Waals surface area contributed by atoms with E-state index in [0.717, 1.165) is 5.56 Å². The van der Waals surface area contributed by atoms with Gasteiger partial charge in [-0.1, -0.05) is 6.07 Å². The molecule has 1 aromatic carbocycles. The summed E-state index contributed by atoms with van der Waals surface area (Å²) in [5.74, 6) is 3.46. The Kier molecular flexibility index (Phi) is 12.2. The summed E-state index contributed by atoms with van der Waals surface area (Å²) in [6, 6.07) is 9.46. The molecule has 0 aliphatic carbocycles. The Morgan fingerprint density at radius 1 is 1.06 bits per heavy atom. The first-order valence-corrected chi connectivity index (χ1v) is 20.2. The van der Waals surface area contributed by atoms with Crippen LogP contribution in [0.1, 0.15) is 71.3 Å². The molecule has 1 unspecified atom stereocenters. The number of carbonyl (C=O) groups is 2. The maximum absolute atomic E-state index is 12.8. The van der Waals surface area contributed by atoms with Crippen molar-refractivity contribution in [3.8, 4) is 9.86 Å². The molecule has 1 aliphatic heterocycles. The van der Waals surface area contributed by atoms with Gasteiger partial charge in [-0.25, -0.2) is 0 Å². The fourth-order valence-corrected chi connectivity index (χ4v) is 17.8. The van der Waals surface area contributed by atoms with Crippen LogP contribution >= 0.6 is 0 Å². The van der Waals surface area contributed by atoms with Gasteiger partial charge in [-0.3, -0.25) is 0 Å². The molecule has 0 N–H and O–H groups in total. The van der Waals surface area contributed by atoms with Gasteiger partial charge in [-0.05, 0) is 0 Å². The number of benzene rings is 1. The number of ether oxygens (including phenoxy) is 1. The first-order valence-electron chi connectivity index (χ1n) is 12.7. The number of amides is 3. The summed E-state index contributed by atoms with van der Waals surface area (Å²) in [6.45, 7) is 7.54. The van der Waals surface area contributed by atoms with E-state index in [1.807, 2.05) is 30.3 Å². The Bertz CT molecular complexity index is 781. The van der Waals surface area contributed by atoms with Crippen LogP contribution in [0.15, 0.2) is 30.3 Å². The third-order valence-corrected chi connectivity index (χ3v) is 19.6. The van der Waals surface area contributed by atoms with Crippen LogP contribution in [0.25, 0.3) is 0 Å². The van der Waals surface area contributed by atoms with E-state index in [2.05, 4.69) is 30.6 Å². The molecule has 2 rings (SSSR count). The van der Waals surface area contributed by atoms with E-state index in [1.165, 1.54) is 56.7 Å². The second-order valence-electron chi connectivity index (χ2n) is 9.34. The van der Waals surface area contributed by atoms with E-state index in [4.69, 9.17) is 4.74 Å². The predicted molar refractivity (Wildman–Crippen MR) is 138 cm³/mol. The molecule has 33 heavy (non-hydrogen) atoms. The number of urea groups is 1. The Balaban J connectivity index is 2.00. The van der Waals surface area contributed by atoms with E-state index in [0.29, 0.717) is 13.0 Å². The normalized spacial score (nSPS) is 15.7. The van der Waals surface area contributed by atoms with Crippen molar-refractivity contribution in [2.75, 3.05) is 13.6 Å². The minimum atomic E-state index is -2.51. The molecular formula is C27H42N2O3Sn. The third kappa shape index (κ3) is 8.88. The molecule has 1 aliphatic rings. The Morgan fingerprint density at radius 3 is 2.18 bits per heavy atom. The molecule has 0 aromatic heterocycles. The molecule has 5 nitrogen and oxygen atoms in total. The number of carbonyl (C=O) groups excluding carboxylic acids is 2. The molecule has 182 valence electrons. The van der Waals surface area contributed by atoms with Crippen LogP contribution in [-0.2, 0) is 11.3 Å². The van der Waals surface area contributed by atoms with E-state index in [1.54, 1.807) is 11.9 Å². The van der Waals surface area contributed by atoms with Crippen LogP contribution in [0, 0.1) is 9.86 Å².